The number of hydrogen-bond donors (Lipinski definition) is 0. The largest absolute Gasteiger partial charge is 0.633 e. The Morgan fingerprint density at radius 3 is 2.55 bits per heavy atom. The van der Waals surface area contributed by atoms with Gasteiger partial charge in [0.2, 0.25) is 0 Å². The second kappa shape index (κ2) is 8.17. The predicted molar refractivity (Wildman–Crippen MR) is 112 cm³/mol. The maximum absolute atomic E-state index is 13.7. The SMILES string of the molecule is [2H]c1c([2H])c([2H])c(C([2H])([2H])[N+]2([O-])CCC(CC3Cc4cc(OC([2H])([2H])[2H])c(OC([2H])([2H])[2H])cc4C3=O)CC2)c([2H])c1[2H]. The minimum absolute atomic E-state index is 0.166. The average molecular weight is 409 g/mol. The smallest absolute Gasteiger partial charge is 0.166 e. The summed E-state index contributed by atoms with van der Waals surface area (Å²) in [6.07, 6.45) is 0.970. The molecule has 5 heteroatoms. The van der Waals surface area contributed by atoms with Crippen molar-refractivity contribution in [3.05, 3.63) is 64.2 Å². The lowest BCUT2D eigenvalue weighted by Gasteiger charge is -2.47. The Morgan fingerprint density at radius 2 is 1.86 bits per heavy atom. The summed E-state index contributed by atoms with van der Waals surface area (Å²) in [6.45, 7) is -3.32. The molecule has 0 aromatic heterocycles. The predicted octanol–water partition coefficient (Wildman–Crippen LogP) is 4.37. The Hall–Kier alpha value is -2.37. The van der Waals surface area contributed by atoms with Gasteiger partial charge in [0.15, 0.2) is 17.3 Å². The number of quaternary nitrogens is 1. The lowest BCUT2D eigenvalue weighted by Crippen LogP contribution is -2.47. The van der Waals surface area contributed by atoms with Crippen molar-refractivity contribution in [3.8, 4) is 11.5 Å². The zero-order valence-corrected chi connectivity index (χ0v) is 15.6. The molecular weight excluding hydrogens is 366 g/mol. The van der Waals surface area contributed by atoms with E-state index in [0.717, 1.165) is 0 Å². The van der Waals surface area contributed by atoms with Crippen molar-refractivity contribution in [3.63, 3.8) is 0 Å². The summed E-state index contributed by atoms with van der Waals surface area (Å²) in [7, 11) is -5.82. The number of piperidine rings is 1. The van der Waals surface area contributed by atoms with Crippen LogP contribution in [0.25, 0.3) is 0 Å². The van der Waals surface area contributed by atoms with Crippen molar-refractivity contribution in [1.82, 2.24) is 0 Å². The molecule has 5 nitrogen and oxygen atoms in total. The van der Waals surface area contributed by atoms with Gasteiger partial charge in [-0.25, -0.2) is 0 Å². The fourth-order valence-corrected chi connectivity index (χ4v) is 4.23. The molecule has 2 aliphatic rings. The van der Waals surface area contributed by atoms with Crippen LogP contribution in [-0.4, -0.2) is 37.6 Å². The maximum atomic E-state index is 13.7. The Kier molecular flexibility index (Phi) is 2.71. The normalized spacial score (nSPS) is 34.1. The van der Waals surface area contributed by atoms with Gasteiger partial charge in [-0.2, -0.15) is 0 Å². The van der Waals surface area contributed by atoms with E-state index in [-0.39, 0.29) is 55.4 Å². The van der Waals surface area contributed by atoms with Crippen LogP contribution in [0, 0.1) is 17.0 Å². The van der Waals surface area contributed by atoms with Crippen molar-refractivity contribution in [2.45, 2.75) is 32.2 Å². The lowest BCUT2D eigenvalue weighted by atomic mass is 9.85. The average Bonchev–Trinajstić information content (AvgIpc) is 3.15. The number of rotatable bonds is 6. The first-order valence-corrected chi connectivity index (χ1v) is 9.40. The summed E-state index contributed by atoms with van der Waals surface area (Å²) < 4.78 is 109. The summed E-state index contributed by atoms with van der Waals surface area (Å²) in [5.74, 6) is -1.76. The van der Waals surface area contributed by atoms with Crippen molar-refractivity contribution >= 4 is 5.78 Å². The molecule has 1 heterocycles. The van der Waals surface area contributed by atoms with E-state index in [1.807, 2.05) is 0 Å². The first-order valence-electron chi connectivity index (χ1n) is 15.9. The number of likely N-dealkylation sites (tertiary alicyclic amines) is 1. The number of methoxy groups -OCH3 is 2. The number of hydrogen-bond acceptors (Lipinski definition) is 4. The Bertz CT molecular complexity index is 1370. The van der Waals surface area contributed by atoms with Gasteiger partial charge in [-0.15, -0.1) is 0 Å². The molecule has 154 valence electrons. The van der Waals surface area contributed by atoms with Gasteiger partial charge in [0.05, 0.1) is 45.0 Å². The molecule has 0 N–H and O–H groups in total. The van der Waals surface area contributed by atoms with Crippen molar-refractivity contribution < 1.29 is 36.7 Å². The summed E-state index contributed by atoms with van der Waals surface area (Å²) in [4.78, 5) is 13.3. The highest BCUT2D eigenvalue weighted by atomic mass is 16.5. The first kappa shape index (κ1) is 9.63. The van der Waals surface area contributed by atoms with Crippen LogP contribution in [0.2, 0.25) is 0 Å². The molecule has 1 aliphatic heterocycles. The summed E-state index contributed by atoms with van der Waals surface area (Å²) in [6, 6.07) is -1.21. The molecule has 0 amide bonds. The molecule has 2 aromatic carbocycles. The van der Waals surface area contributed by atoms with Crippen molar-refractivity contribution in [1.29, 1.82) is 0 Å². The molecule has 1 saturated heterocycles. The molecule has 0 bridgehead atoms. The molecule has 0 radical (unpaired) electrons. The Balaban J connectivity index is 1.51. The number of benzene rings is 2. The van der Waals surface area contributed by atoms with Crippen LogP contribution in [-0.2, 0) is 12.9 Å². The molecule has 0 saturated carbocycles. The van der Waals surface area contributed by atoms with Crippen LogP contribution in [0.3, 0.4) is 0 Å². The molecule has 1 unspecified atom stereocenters. The molecule has 29 heavy (non-hydrogen) atoms. The van der Waals surface area contributed by atoms with Crippen LogP contribution >= 0.6 is 0 Å². The zero-order valence-electron chi connectivity index (χ0n) is 28.6. The van der Waals surface area contributed by atoms with Crippen molar-refractivity contribution in [2.75, 3.05) is 27.2 Å². The number of carbonyl (C=O) groups is 1. The highest BCUT2D eigenvalue weighted by molar-refractivity contribution is 6.02. The quantitative estimate of drug-likeness (QED) is 0.526. The van der Waals surface area contributed by atoms with Gasteiger partial charge < -0.3 is 19.3 Å². The zero-order chi connectivity index (χ0) is 31.6. The van der Waals surface area contributed by atoms with E-state index in [1.54, 1.807) is 0 Å². The highest BCUT2D eigenvalue weighted by Crippen LogP contribution is 2.40. The molecule has 4 rings (SSSR count). The van der Waals surface area contributed by atoms with E-state index in [9.17, 15) is 10.0 Å². The molecule has 2 aromatic rings. The first-order chi connectivity index (χ1) is 19.1. The summed E-state index contributed by atoms with van der Waals surface area (Å²) in [5.41, 5.74) is -0.0441. The van der Waals surface area contributed by atoms with Gasteiger partial charge in [0.25, 0.3) is 0 Å². The van der Waals surface area contributed by atoms with Gasteiger partial charge in [0.1, 0.15) is 6.50 Å². The van der Waals surface area contributed by atoms with Crippen LogP contribution in [0.4, 0.5) is 0 Å². The van der Waals surface area contributed by atoms with Crippen molar-refractivity contribution in [2.24, 2.45) is 11.8 Å². The fourth-order valence-electron chi connectivity index (χ4n) is 4.23. The second-order valence-corrected chi connectivity index (χ2v) is 7.55. The van der Waals surface area contributed by atoms with E-state index >= 15 is 0 Å². The third-order valence-electron chi connectivity index (χ3n) is 5.72. The molecule has 1 aliphatic carbocycles. The Labute approximate surface area is 190 Å². The van der Waals surface area contributed by atoms with E-state index in [1.165, 1.54) is 12.1 Å². The van der Waals surface area contributed by atoms with Gasteiger partial charge in [-0.3, -0.25) is 4.79 Å². The van der Waals surface area contributed by atoms with Gasteiger partial charge in [0, 0.05) is 17.0 Å². The number of fused-ring (bicyclic) bond motifs is 1. The van der Waals surface area contributed by atoms with Crippen LogP contribution in [0.1, 0.15) is 58.6 Å². The second-order valence-electron chi connectivity index (χ2n) is 7.55. The van der Waals surface area contributed by atoms with E-state index < -0.39 is 72.7 Å². The third-order valence-corrected chi connectivity index (χ3v) is 5.72. The maximum Gasteiger partial charge on any atom is 0.166 e. The van der Waals surface area contributed by atoms with E-state index in [0.29, 0.717) is 12.0 Å². The lowest BCUT2D eigenvalue weighted by molar-refractivity contribution is -0.899. The summed E-state index contributed by atoms with van der Waals surface area (Å²) >= 11 is 0. The molecule has 0 spiro atoms. The van der Waals surface area contributed by atoms with Crippen LogP contribution < -0.4 is 9.47 Å². The molecule has 1 fully saturated rings. The minimum atomic E-state index is -2.92. The number of nitrogens with zero attached hydrogens (tertiary/aromatic N) is 1. The molecule has 1 atom stereocenters. The number of hydroxylamine groups is 3. The van der Waals surface area contributed by atoms with E-state index in [2.05, 4.69) is 0 Å². The van der Waals surface area contributed by atoms with Crippen LogP contribution in [0.15, 0.2) is 42.3 Å². The van der Waals surface area contributed by atoms with Gasteiger partial charge in [-0.1, -0.05) is 30.2 Å². The molecular formula is C24H29NO4. The fraction of sp³-hybridized carbons (Fsp3) is 0.458. The highest BCUT2D eigenvalue weighted by Gasteiger charge is 2.36. The number of ketones is 1. The minimum Gasteiger partial charge on any atom is -0.633 e. The van der Waals surface area contributed by atoms with Crippen LogP contribution in [0.5, 0.6) is 11.5 Å². The monoisotopic (exact) mass is 408 g/mol. The van der Waals surface area contributed by atoms with Gasteiger partial charge in [-0.05, 0) is 49.3 Å². The topological polar surface area (TPSA) is 58.6 Å². The standard InChI is InChI=1S/C24H29NO4/c1-28-22-14-19-13-20(24(26)21(19)15-23(22)29-2)12-17-8-10-25(27,11-9-17)16-18-6-4-3-5-7-18/h3-7,14-15,17,20H,8-13,16H2,1-2H3/i1D3,2D3,3D,4D,5D,6D,7D,16D2. The third kappa shape index (κ3) is 4.16. The number of ether oxygens (including phenoxy) is 2. The summed E-state index contributed by atoms with van der Waals surface area (Å²) in [5, 5.41) is 13.7. The Morgan fingerprint density at radius 1 is 1.17 bits per heavy atom. The number of Topliss-reactive ketones (excluding diaryl/α,β-unsaturated/α-hetero) is 1. The van der Waals surface area contributed by atoms with Gasteiger partial charge >= 0.3 is 0 Å². The number of carbonyl (C=O) groups excluding carboxylic acids is 1. The van der Waals surface area contributed by atoms with E-state index in [4.69, 9.17) is 27.3 Å².